The maximum absolute atomic E-state index is 13.6. The molecule has 0 unspecified atom stereocenters. The summed E-state index contributed by atoms with van der Waals surface area (Å²) in [7, 11) is 0. The number of aromatic nitrogens is 2. The van der Waals surface area contributed by atoms with Gasteiger partial charge in [-0.15, -0.1) is 0 Å². The first kappa shape index (κ1) is 28.4. The summed E-state index contributed by atoms with van der Waals surface area (Å²) in [6.07, 6.45) is 0.0530. The summed E-state index contributed by atoms with van der Waals surface area (Å²) in [5.74, 6) is -2.04. The van der Waals surface area contributed by atoms with Crippen molar-refractivity contribution < 1.29 is 33.3 Å². The highest BCUT2D eigenvalue weighted by molar-refractivity contribution is 5.89. The monoisotopic (exact) mass is 564 g/mol. The molecule has 12 nitrogen and oxygen atoms in total. The molecule has 216 valence electrons. The Morgan fingerprint density at radius 3 is 2.68 bits per heavy atom. The number of ether oxygens (including phenoxy) is 4. The van der Waals surface area contributed by atoms with E-state index in [4.69, 9.17) is 29.7 Å². The fourth-order valence-corrected chi connectivity index (χ4v) is 5.14. The number of carbonyl (C=O) groups is 3. The molecular formula is C29H32N4O8. The van der Waals surface area contributed by atoms with E-state index in [-0.39, 0.29) is 42.7 Å². The summed E-state index contributed by atoms with van der Waals surface area (Å²) < 4.78 is 23.2. The van der Waals surface area contributed by atoms with E-state index in [9.17, 15) is 19.2 Å². The highest BCUT2D eigenvalue weighted by atomic mass is 16.6. The Hall–Kier alpha value is -4.13. The maximum atomic E-state index is 13.6. The van der Waals surface area contributed by atoms with Crippen molar-refractivity contribution in [1.29, 1.82) is 0 Å². The van der Waals surface area contributed by atoms with Crippen LogP contribution in [0.1, 0.15) is 36.5 Å². The molecule has 12 heteroatoms. The quantitative estimate of drug-likeness (QED) is 0.188. The van der Waals surface area contributed by atoms with Crippen LogP contribution in [0.4, 0.5) is 0 Å². The molecule has 2 aromatic heterocycles. The molecule has 0 saturated heterocycles. The predicted octanol–water partition coefficient (Wildman–Crippen LogP) is 1.13. The molecule has 2 aliphatic rings. The van der Waals surface area contributed by atoms with Gasteiger partial charge in [0.25, 0.3) is 5.56 Å². The van der Waals surface area contributed by atoms with Gasteiger partial charge in [0.2, 0.25) is 11.5 Å². The van der Waals surface area contributed by atoms with Crippen LogP contribution in [0.5, 0.6) is 0 Å². The molecule has 3 aromatic rings. The van der Waals surface area contributed by atoms with Crippen LogP contribution >= 0.6 is 0 Å². The number of nitrogens with two attached hydrogens (primary N) is 1. The Labute approximate surface area is 235 Å². The normalized spacial score (nSPS) is 17.0. The lowest BCUT2D eigenvalue weighted by Gasteiger charge is -2.35. The van der Waals surface area contributed by atoms with Crippen LogP contribution in [0, 0.1) is 0 Å². The molecule has 0 saturated carbocycles. The minimum atomic E-state index is -1.84. The van der Waals surface area contributed by atoms with Crippen LogP contribution in [-0.2, 0) is 52.1 Å². The van der Waals surface area contributed by atoms with Gasteiger partial charge in [0.1, 0.15) is 13.2 Å². The van der Waals surface area contributed by atoms with Crippen LogP contribution in [-0.4, -0.2) is 66.9 Å². The van der Waals surface area contributed by atoms with Crippen LogP contribution in [0.25, 0.3) is 22.3 Å². The zero-order valence-electron chi connectivity index (χ0n) is 22.8. The van der Waals surface area contributed by atoms with Crippen LogP contribution in [0.3, 0.4) is 0 Å². The van der Waals surface area contributed by atoms with Crippen LogP contribution in [0.15, 0.2) is 41.2 Å². The van der Waals surface area contributed by atoms with E-state index in [1.54, 1.807) is 17.6 Å². The van der Waals surface area contributed by atoms with Gasteiger partial charge in [0.15, 0.2) is 0 Å². The van der Waals surface area contributed by atoms with Crippen molar-refractivity contribution in [2.45, 2.75) is 38.5 Å². The molecule has 41 heavy (non-hydrogen) atoms. The summed E-state index contributed by atoms with van der Waals surface area (Å²) >= 11 is 0. The fraction of sp³-hybridized carbons (Fsp3) is 0.414. The Morgan fingerprint density at radius 2 is 1.90 bits per heavy atom. The van der Waals surface area contributed by atoms with Crippen molar-refractivity contribution in [3.8, 4) is 11.4 Å². The van der Waals surface area contributed by atoms with Crippen LogP contribution < -0.4 is 16.6 Å². The van der Waals surface area contributed by atoms with Gasteiger partial charge in [-0.05, 0) is 24.6 Å². The number of esters is 2. The van der Waals surface area contributed by atoms with E-state index in [1.807, 2.05) is 30.3 Å². The second-order valence-electron chi connectivity index (χ2n) is 9.77. The lowest BCUT2D eigenvalue weighted by Crippen LogP contribution is -2.48. The van der Waals surface area contributed by atoms with Gasteiger partial charge in [0.05, 0.1) is 55.4 Å². The third-order valence-corrected chi connectivity index (χ3v) is 7.21. The van der Waals surface area contributed by atoms with Crippen LogP contribution in [0.2, 0.25) is 0 Å². The molecule has 1 amide bonds. The Bertz CT molecular complexity index is 1550. The van der Waals surface area contributed by atoms with E-state index < -0.39 is 30.0 Å². The number of nitrogens with zero attached hydrogens (tertiary/aromatic N) is 2. The van der Waals surface area contributed by atoms with E-state index >= 15 is 0 Å². The number of hydrogen-bond donors (Lipinski definition) is 2. The summed E-state index contributed by atoms with van der Waals surface area (Å²) in [4.78, 5) is 56.6. The highest BCUT2D eigenvalue weighted by Crippen LogP contribution is 2.40. The zero-order valence-corrected chi connectivity index (χ0v) is 22.8. The van der Waals surface area contributed by atoms with Crippen molar-refractivity contribution in [2.75, 3.05) is 39.5 Å². The SMILES string of the molecule is CC[C@@]1(OC(=O)CNC(=O)CCOCCOCCN)C(=O)OCc2c1cc1n(c2=O)Cc2cc3ccccc3nc2-1. The summed E-state index contributed by atoms with van der Waals surface area (Å²) in [5, 5.41) is 3.43. The molecule has 2 aliphatic heterocycles. The number of fused-ring (bicyclic) bond motifs is 5. The smallest absolute Gasteiger partial charge is 0.355 e. The zero-order chi connectivity index (χ0) is 29.0. The van der Waals surface area contributed by atoms with E-state index in [2.05, 4.69) is 5.32 Å². The average molecular weight is 565 g/mol. The van der Waals surface area contributed by atoms with Gasteiger partial charge < -0.3 is 34.6 Å². The second kappa shape index (κ2) is 12.2. The molecular weight excluding hydrogens is 532 g/mol. The number of para-hydroxylation sites is 1. The third-order valence-electron chi connectivity index (χ3n) is 7.21. The number of nitrogens with one attached hydrogen (secondary N) is 1. The molecule has 0 aliphatic carbocycles. The number of amides is 1. The van der Waals surface area contributed by atoms with Crippen molar-refractivity contribution in [3.63, 3.8) is 0 Å². The first-order valence-electron chi connectivity index (χ1n) is 13.6. The van der Waals surface area contributed by atoms with Gasteiger partial charge in [-0.1, -0.05) is 25.1 Å². The van der Waals surface area contributed by atoms with E-state index in [1.165, 1.54) is 0 Å². The minimum absolute atomic E-state index is 0.0258. The minimum Gasteiger partial charge on any atom is -0.457 e. The Kier molecular flexibility index (Phi) is 8.43. The molecule has 1 aromatic carbocycles. The molecule has 3 N–H and O–H groups in total. The van der Waals surface area contributed by atoms with Crippen molar-refractivity contribution >= 4 is 28.7 Å². The number of pyridine rings is 2. The van der Waals surface area contributed by atoms with Gasteiger partial charge in [-0.3, -0.25) is 14.4 Å². The molecule has 4 heterocycles. The third kappa shape index (κ3) is 5.58. The molecule has 0 radical (unpaired) electrons. The summed E-state index contributed by atoms with van der Waals surface area (Å²) in [6.45, 7) is 2.98. The molecule has 1 atom stereocenters. The number of benzene rings is 1. The van der Waals surface area contributed by atoms with Crippen molar-refractivity contribution in [3.05, 3.63) is 63.4 Å². The lowest BCUT2D eigenvalue weighted by atomic mass is 9.85. The first-order chi connectivity index (χ1) is 19.9. The van der Waals surface area contributed by atoms with Crippen molar-refractivity contribution in [2.24, 2.45) is 5.73 Å². The lowest BCUT2D eigenvalue weighted by molar-refractivity contribution is -0.189. The molecule has 0 fully saturated rings. The Morgan fingerprint density at radius 1 is 1.12 bits per heavy atom. The number of rotatable bonds is 12. The molecule has 0 spiro atoms. The number of hydrogen-bond acceptors (Lipinski definition) is 10. The largest absolute Gasteiger partial charge is 0.457 e. The van der Waals surface area contributed by atoms with Gasteiger partial charge in [-0.25, -0.2) is 9.78 Å². The first-order valence-corrected chi connectivity index (χ1v) is 13.6. The Balaban J connectivity index is 1.32. The van der Waals surface area contributed by atoms with Gasteiger partial charge >= 0.3 is 11.9 Å². The number of carbonyl (C=O) groups excluding carboxylic acids is 3. The van der Waals surface area contributed by atoms with E-state index in [0.717, 1.165) is 16.5 Å². The van der Waals surface area contributed by atoms with Gasteiger partial charge in [-0.2, -0.15) is 0 Å². The topological polar surface area (TPSA) is 161 Å². The highest BCUT2D eigenvalue weighted by Gasteiger charge is 2.50. The standard InChI is InChI=1S/C29H32N4O8/c1-2-29(41-25(35)15-31-24(34)7-9-38-11-12-39-10-8-30)21-14-23-26-19(13-18-5-3-4-6-22(18)32-26)16-33(23)27(36)20(21)17-40-28(29)37/h3-6,13-14H,2,7-12,15-17,30H2,1H3,(H,31,34)/t29-/m0/s1. The predicted molar refractivity (Wildman–Crippen MR) is 147 cm³/mol. The average Bonchev–Trinajstić information content (AvgIpc) is 3.33. The maximum Gasteiger partial charge on any atom is 0.355 e. The molecule has 0 bridgehead atoms. The molecule has 5 rings (SSSR count). The summed E-state index contributed by atoms with van der Waals surface area (Å²) in [6, 6.07) is 11.4. The van der Waals surface area contributed by atoms with E-state index in [0.29, 0.717) is 44.3 Å². The fourth-order valence-electron chi connectivity index (χ4n) is 5.14. The second-order valence-corrected chi connectivity index (χ2v) is 9.77. The van der Waals surface area contributed by atoms with Gasteiger partial charge in [0, 0.05) is 29.5 Å². The number of cyclic esters (lactones) is 1. The summed E-state index contributed by atoms with van der Waals surface area (Å²) in [5.41, 5.74) is 6.53. The van der Waals surface area contributed by atoms with Crippen molar-refractivity contribution in [1.82, 2.24) is 14.9 Å².